The number of carbonyl (C=O) groups excluding carboxylic acids is 2. The Morgan fingerprint density at radius 3 is 1.21 bits per heavy atom. The first-order valence-corrected chi connectivity index (χ1v) is 33.9. The lowest BCUT2D eigenvalue weighted by atomic mass is 10.0. The zero-order valence-corrected chi connectivity index (χ0v) is 53.2. The number of rotatable bonds is 57. The summed E-state index contributed by atoms with van der Waals surface area (Å²) in [5.41, 5.74) is 0. The van der Waals surface area contributed by atoms with Crippen LogP contribution in [0.3, 0.4) is 0 Å². The number of amides is 1. The zero-order chi connectivity index (χ0) is 58.6. The van der Waals surface area contributed by atoms with E-state index in [0.29, 0.717) is 17.4 Å². The molecule has 0 heterocycles. The van der Waals surface area contributed by atoms with Gasteiger partial charge in [-0.25, -0.2) is 4.57 Å². The molecule has 458 valence electrons. The van der Waals surface area contributed by atoms with Gasteiger partial charge < -0.3 is 19.4 Å². The number of likely N-dealkylation sites (N-methyl/N-ethyl adjacent to an activating group) is 1. The highest BCUT2D eigenvalue weighted by atomic mass is 31.2. The minimum absolute atomic E-state index is 0.0275. The van der Waals surface area contributed by atoms with Crippen molar-refractivity contribution in [3.05, 3.63) is 122 Å². The normalized spacial score (nSPS) is 14.4. The standard InChI is InChI=1S/C70H121N2O7P/c1-7-10-13-16-19-22-25-27-29-31-32-33-34-35-36-37-38-39-40-41-43-45-48-51-54-57-60-63-70(74)79-68(61-58-55-52-49-46-24-21-18-15-12-9-3)67(66-78-80(75,76)77-65-64-72(4,5)6)71-69(73)62-59-56-53-50-47-44-42-30-28-26-23-20-17-14-11-8-2/h10-11,13-14,19-20,22-23,27-30,32-33,35-36,44,47,58,61,67-68H,7-9,12,15-18,21,24-26,31,34,37-43,45-46,48-57,59-60,62-66H2,1-6H3,(H-,71,73,75,76)/p+1/b13-10-,14-11+,22-19-,23-20+,29-27-,30-28+,33-32-,36-35-,47-44+,61-58-. The Hall–Kier alpha value is -3.59. The predicted molar refractivity (Wildman–Crippen MR) is 346 cm³/mol. The van der Waals surface area contributed by atoms with E-state index >= 15 is 0 Å². The lowest BCUT2D eigenvalue weighted by Crippen LogP contribution is -2.47. The zero-order valence-electron chi connectivity index (χ0n) is 52.3. The molecule has 9 nitrogen and oxygen atoms in total. The second-order valence-corrected chi connectivity index (χ2v) is 24.0. The number of phosphoric acid groups is 1. The Morgan fingerprint density at radius 1 is 0.450 bits per heavy atom. The quantitative estimate of drug-likeness (QED) is 0.0205. The number of quaternary nitrogens is 1. The SMILES string of the molecule is CC/C=C\C/C=C\C/C=C\C/C=C\C/C=C\CCCCCCCCCCCCCC(=O)OC(/C=C\CCCCCCCCCCC)C(COP(=O)(O)OCC[N+](C)(C)C)NC(=O)CCCCC/C=C/C/C=C/C/C=C/C/C=C/CC. The number of hydrogen-bond acceptors (Lipinski definition) is 6. The minimum Gasteiger partial charge on any atom is -0.456 e. The maximum absolute atomic E-state index is 13.5. The molecule has 0 spiro atoms. The van der Waals surface area contributed by atoms with Gasteiger partial charge in [0.1, 0.15) is 19.3 Å². The highest BCUT2D eigenvalue weighted by Crippen LogP contribution is 2.43. The number of allylic oxidation sites excluding steroid dienone is 19. The molecule has 0 saturated carbocycles. The van der Waals surface area contributed by atoms with Crippen LogP contribution in [0.15, 0.2) is 122 Å². The molecule has 3 unspecified atom stereocenters. The van der Waals surface area contributed by atoms with E-state index in [1.54, 1.807) is 0 Å². The molecule has 0 bridgehead atoms. The van der Waals surface area contributed by atoms with Crippen LogP contribution in [-0.2, 0) is 27.9 Å². The fourth-order valence-corrected chi connectivity index (χ4v) is 9.46. The second kappa shape index (κ2) is 58.6. The maximum atomic E-state index is 13.5. The van der Waals surface area contributed by atoms with E-state index in [-0.39, 0.29) is 37.9 Å². The largest absolute Gasteiger partial charge is 0.472 e. The molecule has 0 radical (unpaired) electrons. The lowest BCUT2D eigenvalue weighted by molar-refractivity contribution is -0.870. The third kappa shape index (κ3) is 59.0. The number of ether oxygens (including phenoxy) is 1. The van der Waals surface area contributed by atoms with Crippen molar-refractivity contribution in [2.45, 2.75) is 270 Å². The van der Waals surface area contributed by atoms with Crippen LogP contribution >= 0.6 is 7.82 Å². The van der Waals surface area contributed by atoms with E-state index in [4.69, 9.17) is 13.8 Å². The number of nitrogens with one attached hydrogen (secondary N) is 1. The number of unbranched alkanes of at least 4 members (excludes halogenated alkanes) is 23. The Morgan fingerprint density at radius 2 is 0.800 bits per heavy atom. The molecule has 10 heteroatoms. The molecule has 0 aromatic carbocycles. The van der Waals surface area contributed by atoms with E-state index in [9.17, 15) is 19.0 Å². The van der Waals surface area contributed by atoms with Crippen LogP contribution in [0.4, 0.5) is 0 Å². The minimum atomic E-state index is -4.47. The molecular formula is C70H122N2O7P+. The smallest absolute Gasteiger partial charge is 0.456 e. The Labute approximate surface area is 493 Å². The summed E-state index contributed by atoms with van der Waals surface area (Å²) in [7, 11) is 1.46. The average Bonchev–Trinajstić information content (AvgIpc) is 3.43. The molecule has 0 aromatic rings. The molecule has 2 N–H and O–H groups in total. The molecular weight excluding hydrogens is 1010 g/mol. The average molecular weight is 1130 g/mol. The van der Waals surface area contributed by atoms with Gasteiger partial charge in [0.25, 0.3) is 0 Å². The van der Waals surface area contributed by atoms with Gasteiger partial charge >= 0.3 is 13.8 Å². The van der Waals surface area contributed by atoms with E-state index in [1.165, 1.54) is 89.9 Å². The van der Waals surface area contributed by atoms with Crippen molar-refractivity contribution >= 4 is 19.7 Å². The summed E-state index contributed by atoms with van der Waals surface area (Å²) >= 11 is 0. The number of phosphoric ester groups is 1. The first-order chi connectivity index (χ1) is 38.9. The molecule has 1 amide bonds. The summed E-state index contributed by atoms with van der Waals surface area (Å²) < 4.78 is 30.7. The van der Waals surface area contributed by atoms with Gasteiger partial charge in [0.15, 0.2) is 0 Å². The highest BCUT2D eigenvalue weighted by molar-refractivity contribution is 7.47. The summed E-state index contributed by atoms with van der Waals surface area (Å²) in [5, 5.41) is 3.03. The van der Waals surface area contributed by atoms with Gasteiger partial charge in [-0.2, -0.15) is 0 Å². The molecule has 0 rings (SSSR count). The van der Waals surface area contributed by atoms with E-state index in [1.807, 2.05) is 33.3 Å². The molecule has 0 aliphatic heterocycles. The summed E-state index contributed by atoms with van der Waals surface area (Å²) in [6.07, 6.45) is 82.1. The molecule has 0 aliphatic rings. The first kappa shape index (κ1) is 76.4. The Kier molecular flexibility index (Phi) is 56.0. The van der Waals surface area contributed by atoms with Crippen LogP contribution in [0.25, 0.3) is 0 Å². The van der Waals surface area contributed by atoms with Crippen LogP contribution in [0.5, 0.6) is 0 Å². The fourth-order valence-electron chi connectivity index (χ4n) is 8.72. The Balaban J connectivity index is 5.12. The number of nitrogens with zero attached hydrogens (tertiary/aromatic N) is 1. The van der Waals surface area contributed by atoms with Gasteiger partial charge in [-0.15, -0.1) is 0 Å². The molecule has 0 aromatic heterocycles. The van der Waals surface area contributed by atoms with Gasteiger partial charge in [-0.05, 0) is 115 Å². The van der Waals surface area contributed by atoms with Gasteiger partial charge in [-0.1, -0.05) is 252 Å². The van der Waals surface area contributed by atoms with Crippen molar-refractivity contribution in [2.24, 2.45) is 0 Å². The van der Waals surface area contributed by atoms with Crippen LogP contribution in [0, 0.1) is 0 Å². The van der Waals surface area contributed by atoms with Crippen molar-refractivity contribution < 1.29 is 37.3 Å². The maximum Gasteiger partial charge on any atom is 0.472 e. The summed E-state index contributed by atoms with van der Waals surface area (Å²) in [6, 6.07) is -0.874. The molecule has 0 aliphatic carbocycles. The van der Waals surface area contributed by atoms with E-state index in [2.05, 4.69) is 135 Å². The first-order valence-electron chi connectivity index (χ1n) is 32.4. The van der Waals surface area contributed by atoms with Crippen molar-refractivity contribution in [3.8, 4) is 0 Å². The second-order valence-electron chi connectivity index (χ2n) is 22.5. The van der Waals surface area contributed by atoms with E-state index < -0.39 is 20.0 Å². The van der Waals surface area contributed by atoms with Crippen molar-refractivity contribution in [1.82, 2.24) is 5.32 Å². The lowest BCUT2D eigenvalue weighted by Gasteiger charge is -2.27. The third-order valence-electron chi connectivity index (χ3n) is 13.6. The van der Waals surface area contributed by atoms with Crippen LogP contribution in [0.2, 0.25) is 0 Å². The van der Waals surface area contributed by atoms with Gasteiger partial charge in [0.2, 0.25) is 5.91 Å². The molecule has 0 fully saturated rings. The van der Waals surface area contributed by atoms with Crippen molar-refractivity contribution in [3.63, 3.8) is 0 Å². The van der Waals surface area contributed by atoms with E-state index in [0.717, 1.165) is 128 Å². The fraction of sp³-hybridized carbons (Fsp3) is 0.686. The molecule has 0 saturated heterocycles. The highest BCUT2D eigenvalue weighted by Gasteiger charge is 2.30. The molecule has 80 heavy (non-hydrogen) atoms. The van der Waals surface area contributed by atoms with Gasteiger partial charge in [0.05, 0.1) is 33.8 Å². The third-order valence-corrected chi connectivity index (χ3v) is 14.6. The number of carbonyl (C=O) groups is 2. The summed E-state index contributed by atoms with van der Waals surface area (Å²) in [5.74, 6) is -0.551. The van der Waals surface area contributed by atoms with Crippen LogP contribution < -0.4 is 5.32 Å². The number of hydrogen-bond donors (Lipinski definition) is 2. The topological polar surface area (TPSA) is 111 Å². The molecule has 3 atom stereocenters. The van der Waals surface area contributed by atoms with Crippen molar-refractivity contribution in [1.29, 1.82) is 0 Å². The predicted octanol–water partition coefficient (Wildman–Crippen LogP) is 20.3. The van der Waals surface area contributed by atoms with Gasteiger partial charge in [-0.3, -0.25) is 18.6 Å². The van der Waals surface area contributed by atoms with Crippen LogP contribution in [0.1, 0.15) is 258 Å². The summed E-state index contributed by atoms with van der Waals surface area (Å²) in [4.78, 5) is 37.7. The summed E-state index contributed by atoms with van der Waals surface area (Å²) in [6.45, 7) is 6.74. The monoisotopic (exact) mass is 1130 g/mol. The van der Waals surface area contributed by atoms with Gasteiger partial charge in [0, 0.05) is 12.8 Å². The number of esters is 1. The Bertz CT molecular complexity index is 1780. The van der Waals surface area contributed by atoms with Crippen molar-refractivity contribution in [2.75, 3.05) is 40.9 Å². The van der Waals surface area contributed by atoms with Crippen LogP contribution in [-0.4, -0.2) is 74.3 Å².